The fourth-order valence-electron chi connectivity index (χ4n) is 3.09. The molecule has 10 heteroatoms. The van der Waals surface area contributed by atoms with Gasteiger partial charge in [-0.3, -0.25) is 9.10 Å². The second-order valence-corrected chi connectivity index (χ2v) is 9.99. The SMILES string of the molecule is Cc1ccc(N(C(C)C(=O)N(C)Cc2nc(-c3cccs3)no2)S(C)(=O)=O)cc1C. The first-order valence-electron chi connectivity index (χ1n) is 9.26. The zero-order valence-electron chi connectivity index (χ0n) is 17.5. The highest BCUT2D eigenvalue weighted by atomic mass is 32.2. The van der Waals surface area contributed by atoms with Crippen LogP contribution in [0.4, 0.5) is 5.69 Å². The molecule has 0 aliphatic heterocycles. The lowest BCUT2D eigenvalue weighted by Gasteiger charge is -2.31. The van der Waals surface area contributed by atoms with Crippen molar-refractivity contribution in [3.8, 4) is 10.7 Å². The molecule has 0 fully saturated rings. The van der Waals surface area contributed by atoms with Gasteiger partial charge in [0.05, 0.1) is 23.4 Å². The number of hydrogen-bond acceptors (Lipinski definition) is 7. The maximum Gasteiger partial charge on any atom is 0.246 e. The van der Waals surface area contributed by atoms with Crippen molar-refractivity contribution in [1.82, 2.24) is 15.0 Å². The molecule has 1 atom stereocenters. The Morgan fingerprint density at radius 1 is 1.23 bits per heavy atom. The Bertz CT molecular complexity index is 1140. The van der Waals surface area contributed by atoms with Gasteiger partial charge in [-0.25, -0.2) is 8.42 Å². The van der Waals surface area contributed by atoms with Gasteiger partial charge in [-0.05, 0) is 55.5 Å². The number of sulfonamides is 1. The van der Waals surface area contributed by atoms with Gasteiger partial charge in [0.2, 0.25) is 27.6 Å². The maximum absolute atomic E-state index is 13.0. The molecule has 1 amide bonds. The number of thiophene rings is 1. The van der Waals surface area contributed by atoms with Crippen molar-refractivity contribution in [3.63, 3.8) is 0 Å². The molecule has 0 saturated carbocycles. The summed E-state index contributed by atoms with van der Waals surface area (Å²) in [6.45, 7) is 5.49. The van der Waals surface area contributed by atoms with Crippen molar-refractivity contribution in [2.24, 2.45) is 0 Å². The third-order valence-electron chi connectivity index (χ3n) is 4.77. The van der Waals surface area contributed by atoms with Crippen LogP contribution >= 0.6 is 11.3 Å². The third-order valence-corrected chi connectivity index (χ3v) is 6.88. The highest BCUT2D eigenvalue weighted by molar-refractivity contribution is 7.92. The van der Waals surface area contributed by atoms with E-state index < -0.39 is 16.1 Å². The van der Waals surface area contributed by atoms with Crippen LogP contribution in [0.1, 0.15) is 23.9 Å². The number of nitrogens with zero attached hydrogens (tertiary/aromatic N) is 4. The molecule has 0 bridgehead atoms. The molecule has 0 aliphatic carbocycles. The molecular weight excluding hydrogens is 424 g/mol. The van der Waals surface area contributed by atoms with Crippen LogP contribution in [0.2, 0.25) is 0 Å². The van der Waals surface area contributed by atoms with Crippen LogP contribution in [0.3, 0.4) is 0 Å². The molecule has 0 spiro atoms. The van der Waals surface area contributed by atoms with E-state index in [4.69, 9.17) is 4.52 Å². The van der Waals surface area contributed by atoms with Gasteiger partial charge < -0.3 is 9.42 Å². The molecular formula is C20H24N4O4S2. The van der Waals surface area contributed by atoms with E-state index in [-0.39, 0.29) is 18.3 Å². The van der Waals surface area contributed by atoms with E-state index in [2.05, 4.69) is 10.1 Å². The molecule has 8 nitrogen and oxygen atoms in total. The average Bonchev–Trinajstić information content (AvgIpc) is 3.34. The fourth-order valence-corrected chi connectivity index (χ4v) is 4.90. The van der Waals surface area contributed by atoms with Crippen LogP contribution in [-0.4, -0.2) is 48.7 Å². The number of hydrogen-bond donors (Lipinski definition) is 0. The van der Waals surface area contributed by atoms with Crippen molar-refractivity contribution in [2.45, 2.75) is 33.4 Å². The number of benzene rings is 1. The Morgan fingerprint density at radius 2 is 1.97 bits per heavy atom. The molecule has 3 aromatic rings. The fraction of sp³-hybridized carbons (Fsp3) is 0.350. The minimum absolute atomic E-state index is 0.0755. The predicted molar refractivity (Wildman–Crippen MR) is 117 cm³/mol. The summed E-state index contributed by atoms with van der Waals surface area (Å²) in [6, 6.07) is 8.15. The van der Waals surface area contributed by atoms with Crippen molar-refractivity contribution in [2.75, 3.05) is 17.6 Å². The summed E-state index contributed by atoms with van der Waals surface area (Å²) in [7, 11) is -2.11. The molecule has 160 valence electrons. The lowest BCUT2D eigenvalue weighted by molar-refractivity contribution is -0.131. The van der Waals surface area contributed by atoms with Gasteiger partial charge in [0.15, 0.2) is 0 Å². The predicted octanol–water partition coefficient (Wildman–Crippen LogP) is 3.23. The first kappa shape index (κ1) is 22.0. The van der Waals surface area contributed by atoms with Crippen molar-refractivity contribution in [3.05, 3.63) is 52.7 Å². The van der Waals surface area contributed by atoms with Crippen LogP contribution in [0.5, 0.6) is 0 Å². The molecule has 0 N–H and O–H groups in total. The van der Waals surface area contributed by atoms with Gasteiger partial charge in [-0.1, -0.05) is 17.3 Å². The van der Waals surface area contributed by atoms with Gasteiger partial charge in [0.25, 0.3) is 0 Å². The quantitative estimate of drug-likeness (QED) is 0.551. The summed E-state index contributed by atoms with van der Waals surface area (Å²) in [5, 5.41) is 5.85. The number of aromatic nitrogens is 2. The highest BCUT2D eigenvalue weighted by Gasteiger charge is 2.31. The minimum atomic E-state index is -3.69. The normalized spacial score (nSPS) is 12.6. The van der Waals surface area contributed by atoms with Gasteiger partial charge in [0, 0.05) is 7.05 Å². The Balaban J connectivity index is 1.80. The molecule has 2 aromatic heterocycles. The molecule has 0 aliphatic rings. The Morgan fingerprint density at radius 3 is 2.57 bits per heavy atom. The van der Waals surface area contributed by atoms with E-state index in [1.165, 1.54) is 16.2 Å². The largest absolute Gasteiger partial charge is 0.337 e. The number of carbonyl (C=O) groups excluding carboxylic acids is 1. The Labute approximate surface area is 180 Å². The molecule has 0 saturated heterocycles. The van der Waals surface area contributed by atoms with E-state index in [9.17, 15) is 13.2 Å². The minimum Gasteiger partial charge on any atom is -0.337 e. The monoisotopic (exact) mass is 448 g/mol. The van der Waals surface area contributed by atoms with Crippen LogP contribution in [0, 0.1) is 13.8 Å². The summed E-state index contributed by atoms with van der Waals surface area (Å²) in [4.78, 5) is 19.6. The zero-order valence-corrected chi connectivity index (χ0v) is 19.1. The molecule has 0 radical (unpaired) electrons. The maximum atomic E-state index is 13.0. The van der Waals surface area contributed by atoms with Gasteiger partial charge in [0.1, 0.15) is 6.04 Å². The topological polar surface area (TPSA) is 96.6 Å². The van der Waals surface area contributed by atoms with Crippen molar-refractivity contribution >= 4 is 33.0 Å². The summed E-state index contributed by atoms with van der Waals surface area (Å²) in [5.74, 6) is 0.356. The number of amides is 1. The number of aryl methyl sites for hydroxylation is 2. The number of likely N-dealkylation sites (N-methyl/N-ethyl adjacent to an activating group) is 1. The third kappa shape index (κ3) is 4.71. The highest BCUT2D eigenvalue weighted by Crippen LogP contribution is 2.25. The summed E-state index contributed by atoms with van der Waals surface area (Å²) in [5.41, 5.74) is 2.44. The number of carbonyl (C=O) groups is 1. The summed E-state index contributed by atoms with van der Waals surface area (Å²) < 4.78 is 31.4. The lowest BCUT2D eigenvalue weighted by Crippen LogP contribution is -2.48. The summed E-state index contributed by atoms with van der Waals surface area (Å²) in [6.07, 6.45) is 1.09. The van der Waals surface area contributed by atoms with Gasteiger partial charge in [-0.2, -0.15) is 4.98 Å². The van der Waals surface area contributed by atoms with E-state index >= 15 is 0 Å². The second kappa shape index (κ2) is 8.57. The van der Waals surface area contributed by atoms with Crippen molar-refractivity contribution in [1.29, 1.82) is 0 Å². The first-order chi connectivity index (χ1) is 14.1. The zero-order chi connectivity index (χ0) is 22.1. The number of rotatable bonds is 7. The molecule has 30 heavy (non-hydrogen) atoms. The molecule has 3 rings (SSSR count). The standard InChI is InChI=1S/C20H24N4O4S2/c1-13-8-9-16(11-14(13)2)24(30(5,26)27)15(3)20(25)23(4)12-18-21-19(22-28-18)17-7-6-10-29-17/h6-11,15H,12H2,1-5H3. The molecule has 2 heterocycles. The van der Waals surface area contributed by atoms with E-state index in [1.807, 2.05) is 37.4 Å². The number of anilines is 1. The smallest absolute Gasteiger partial charge is 0.246 e. The van der Waals surface area contributed by atoms with Gasteiger partial charge >= 0.3 is 0 Å². The van der Waals surface area contributed by atoms with Crippen LogP contribution in [0.15, 0.2) is 40.2 Å². The van der Waals surface area contributed by atoms with E-state index in [0.29, 0.717) is 11.5 Å². The van der Waals surface area contributed by atoms with Crippen LogP contribution < -0.4 is 4.31 Å². The van der Waals surface area contributed by atoms with Crippen molar-refractivity contribution < 1.29 is 17.7 Å². The van der Waals surface area contributed by atoms with Crippen LogP contribution in [0.25, 0.3) is 10.7 Å². The average molecular weight is 449 g/mol. The van der Waals surface area contributed by atoms with Gasteiger partial charge in [-0.15, -0.1) is 11.3 Å². The lowest BCUT2D eigenvalue weighted by atomic mass is 10.1. The second-order valence-electron chi connectivity index (χ2n) is 7.19. The van der Waals surface area contributed by atoms with E-state index in [1.54, 1.807) is 26.1 Å². The van der Waals surface area contributed by atoms with E-state index in [0.717, 1.165) is 26.6 Å². The molecule has 1 aromatic carbocycles. The Kier molecular flexibility index (Phi) is 6.27. The van der Waals surface area contributed by atoms with Crippen LogP contribution in [-0.2, 0) is 21.4 Å². The Hall–Kier alpha value is -2.72. The first-order valence-corrected chi connectivity index (χ1v) is 12.0. The summed E-state index contributed by atoms with van der Waals surface area (Å²) >= 11 is 1.49. The molecule has 1 unspecified atom stereocenters.